The molecule has 0 radical (unpaired) electrons. The van der Waals surface area contributed by atoms with Crippen LogP contribution in [0, 0.1) is 11.7 Å². The van der Waals surface area contributed by atoms with Crippen molar-refractivity contribution in [2.45, 2.75) is 37.8 Å². The maximum Gasteiger partial charge on any atom is 0.200 e. The normalized spacial score (nSPS) is 21.8. The molecule has 1 N–H and O–H groups in total. The van der Waals surface area contributed by atoms with Gasteiger partial charge in [0, 0.05) is 31.4 Å². The van der Waals surface area contributed by atoms with E-state index >= 15 is 4.39 Å². The van der Waals surface area contributed by atoms with Gasteiger partial charge in [0.2, 0.25) is 5.43 Å². The third-order valence-electron chi connectivity index (χ3n) is 8.30. The van der Waals surface area contributed by atoms with Crippen LogP contribution in [-0.2, 0) is 0 Å². The van der Waals surface area contributed by atoms with Gasteiger partial charge in [-0.1, -0.05) is 18.2 Å². The summed E-state index contributed by atoms with van der Waals surface area (Å²) in [6.45, 7) is 2.51. The lowest BCUT2D eigenvalue weighted by atomic mass is 9.93. The number of benzene rings is 2. The van der Waals surface area contributed by atoms with Crippen LogP contribution >= 0.6 is 0 Å². The quantitative estimate of drug-likeness (QED) is 0.380. The SMILES string of the molecule is COc1c(N2CC3CCCN(C)C3C2)c(F)cc2c(=O)c(C(=O)C=Cc3ccc(O)cc3)cn(C3CC3)c12. The Morgan fingerprint density at radius 1 is 1.16 bits per heavy atom. The highest BCUT2D eigenvalue weighted by atomic mass is 19.1. The number of phenols is 1. The van der Waals surface area contributed by atoms with Crippen molar-refractivity contribution in [1.29, 1.82) is 0 Å². The fraction of sp³-hybridized carbons (Fsp3) is 0.400. The Morgan fingerprint density at radius 2 is 1.92 bits per heavy atom. The summed E-state index contributed by atoms with van der Waals surface area (Å²) in [6.07, 6.45) is 8.67. The smallest absolute Gasteiger partial charge is 0.200 e. The molecule has 3 heterocycles. The number of ketones is 1. The molecule has 1 aliphatic carbocycles. The minimum absolute atomic E-state index is 0.00227. The van der Waals surface area contributed by atoms with Gasteiger partial charge >= 0.3 is 0 Å². The topological polar surface area (TPSA) is 75.0 Å². The number of hydrogen-bond donors (Lipinski definition) is 1. The number of likely N-dealkylation sites (N-methyl/N-ethyl adjacent to an activating group) is 1. The van der Waals surface area contributed by atoms with Crippen molar-refractivity contribution in [1.82, 2.24) is 9.47 Å². The van der Waals surface area contributed by atoms with Crippen molar-refractivity contribution in [2.24, 2.45) is 5.92 Å². The van der Waals surface area contributed by atoms with E-state index in [1.54, 1.807) is 24.4 Å². The molecule has 8 heteroatoms. The van der Waals surface area contributed by atoms with Crippen molar-refractivity contribution < 1.29 is 19.0 Å². The van der Waals surface area contributed by atoms with E-state index in [-0.39, 0.29) is 22.7 Å². The molecular formula is C30H32FN3O4. The zero-order valence-electron chi connectivity index (χ0n) is 21.7. The summed E-state index contributed by atoms with van der Waals surface area (Å²) < 4.78 is 23.6. The average molecular weight is 518 g/mol. The summed E-state index contributed by atoms with van der Waals surface area (Å²) in [5.41, 5.74) is 1.17. The summed E-state index contributed by atoms with van der Waals surface area (Å²) >= 11 is 0. The van der Waals surface area contributed by atoms with Gasteiger partial charge in [0.15, 0.2) is 17.3 Å². The molecule has 2 aliphatic heterocycles. The first kappa shape index (κ1) is 24.7. The second kappa shape index (κ2) is 9.58. The number of halogens is 1. The maximum absolute atomic E-state index is 15.9. The Kier molecular flexibility index (Phi) is 6.22. The molecule has 3 aliphatic rings. The van der Waals surface area contributed by atoms with E-state index < -0.39 is 17.0 Å². The fourth-order valence-electron chi connectivity index (χ4n) is 6.18. The Morgan fingerprint density at radius 3 is 2.61 bits per heavy atom. The number of carbonyl (C=O) groups excluding carboxylic acids is 1. The summed E-state index contributed by atoms with van der Waals surface area (Å²) in [4.78, 5) is 31.2. The van der Waals surface area contributed by atoms with Gasteiger partial charge in [-0.15, -0.1) is 0 Å². The fourth-order valence-corrected chi connectivity index (χ4v) is 6.18. The number of hydrogen-bond acceptors (Lipinski definition) is 6. The van der Waals surface area contributed by atoms with Gasteiger partial charge in [-0.2, -0.15) is 0 Å². The number of piperidine rings is 1. The molecule has 0 spiro atoms. The van der Waals surface area contributed by atoms with Gasteiger partial charge in [-0.05, 0) is 75.0 Å². The lowest BCUT2D eigenvalue weighted by molar-refractivity contribution is 0.104. The minimum Gasteiger partial charge on any atom is -0.508 e. The Balaban J connectivity index is 1.44. The first-order valence-corrected chi connectivity index (χ1v) is 13.3. The van der Waals surface area contributed by atoms with E-state index in [0.29, 0.717) is 41.0 Å². The van der Waals surface area contributed by atoms with E-state index in [0.717, 1.165) is 38.8 Å². The van der Waals surface area contributed by atoms with Gasteiger partial charge in [0.25, 0.3) is 0 Å². The van der Waals surface area contributed by atoms with Crippen molar-refractivity contribution in [2.75, 3.05) is 38.7 Å². The number of pyridine rings is 1. The number of aromatic nitrogens is 1. The van der Waals surface area contributed by atoms with E-state index in [1.165, 1.54) is 31.4 Å². The highest BCUT2D eigenvalue weighted by Gasteiger charge is 2.40. The molecule has 2 saturated heterocycles. The van der Waals surface area contributed by atoms with E-state index in [1.807, 2.05) is 4.57 Å². The molecule has 2 atom stereocenters. The molecular weight excluding hydrogens is 485 g/mol. The number of aromatic hydroxyl groups is 1. The first-order valence-electron chi connectivity index (χ1n) is 13.3. The van der Waals surface area contributed by atoms with Crippen LogP contribution in [0.15, 0.2) is 47.4 Å². The van der Waals surface area contributed by atoms with Crippen LogP contribution in [0.1, 0.15) is 47.6 Å². The molecule has 6 rings (SSSR count). The standard InChI is InChI=1S/C30H32FN3O4/c1-32-13-3-4-19-15-33(17-25(19)32)28-24(31)14-22-27(30(28)38-2)34(20-8-9-20)16-23(29(22)37)26(36)12-7-18-5-10-21(35)11-6-18/h5-7,10-12,14,16,19-20,25,35H,3-4,8-9,13,15,17H2,1-2H3. The Hall–Kier alpha value is -3.65. The molecule has 3 fully saturated rings. The molecule has 198 valence electrons. The average Bonchev–Trinajstić information content (AvgIpc) is 3.66. The van der Waals surface area contributed by atoms with Crippen LogP contribution in [0.2, 0.25) is 0 Å². The van der Waals surface area contributed by atoms with Crippen molar-refractivity contribution in [3.8, 4) is 11.5 Å². The van der Waals surface area contributed by atoms with Crippen LogP contribution in [0.4, 0.5) is 10.1 Å². The van der Waals surface area contributed by atoms with Crippen LogP contribution in [-0.4, -0.2) is 60.2 Å². The monoisotopic (exact) mass is 517 g/mol. The third-order valence-corrected chi connectivity index (χ3v) is 8.30. The highest BCUT2D eigenvalue weighted by molar-refractivity contribution is 6.08. The van der Waals surface area contributed by atoms with E-state index in [9.17, 15) is 14.7 Å². The number of allylic oxidation sites excluding steroid dienone is 1. The summed E-state index contributed by atoms with van der Waals surface area (Å²) in [7, 11) is 3.65. The second-order valence-corrected chi connectivity index (χ2v) is 10.8. The van der Waals surface area contributed by atoms with Crippen LogP contribution in [0.25, 0.3) is 17.0 Å². The molecule has 1 saturated carbocycles. The van der Waals surface area contributed by atoms with E-state index in [4.69, 9.17) is 4.74 Å². The van der Waals surface area contributed by atoms with E-state index in [2.05, 4.69) is 16.8 Å². The van der Waals surface area contributed by atoms with Crippen molar-refractivity contribution >= 4 is 28.4 Å². The Bertz CT molecular complexity index is 1490. The molecule has 38 heavy (non-hydrogen) atoms. The third kappa shape index (κ3) is 4.26. The van der Waals surface area contributed by atoms with Crippen LogP contribution in [0.5, 0.6) is 11.5 Å². The molecule has 1 aromatic heterocycles. The molecule has 2 unspecified atom stereocenters. The van der Waals surface area contributed by atoms with Crippen LogP contribution < -0.4 is 15.1 Å². The summed E-state index contributed by atoms with van der Waals surface area (Å²) in [5, 5.41) is 9.64. The number of fused-ring (bicyclic) bond motifs is 2. The number of rotatable bonds is 6. The van der Waals surface area contributed by atoms with Gasteiger partial charge in [-0.25, -0.2) is 4.39 Å². The predicted octanol–water partition coefficient (Wildman–Crippen LogP) is 4.62. The second-order valence-electron chi connectivity index (χ2n) is 10.8. The minimum atomic E-state index is -0.504. The van der Waals surface area contributed by atoms with Crippen LogP contribution in [0.3, 0.4) is 0 Å². The lowest BCUT2D eigenvalue weighted by Crippen LogP contribution is -2.42. The lowest BCUT2D eigenvalue weighted by Gasteiger charge is -2.33. The van der Waals surface area contributed by atoms with Gasteiger partial charge < -0.3 is 24.2 Å². The molecule has 7 nitrogen and oxygen atoms in total. The van der Waals surface area contributed by atoms with Crippen molar-refractivity contribution in [3.63, 3.8) is 0 Å². The number of methoxy groups -OCH3 is 1. The molecule has 2 aromatic carbocycles. The Labute approximate surface area is 220 Å². The largest absolute Gasteiger partial charge is 0.508 e. The van der Waals surface area contributed by atoms with Gasteiger partial charge in [-0.3, -0.25) is 9.59 Å². The summed E-state index contributed by atoms with van der Waals surface area (Å²) in [6, 6.07) is 8.20. The maximum atomic E-state index is 15.9. The first-order chi connectivity index (χ1) is 18.4. The number of carbonyl (C=O) groups is 1. The zero-order chi connectivity index (χ0) is 26.6. The molecule has 0 bridgehead atoms. The number of likely N-dealkylation sites (tertiary alicyclic amines) is 1. The summed E-state index contributed by atoms with van der Waals surface area (Å²) in [5.74, 6) is 0.0164. The zero-order valence-corrected chi connectivity index (χ0v) is 21.7. The van der Waals surface area contributed by atoms with Gasteiger partial charge in [0.1, 0.15) is 11.4 Å². The van der Waals surface area contributed by atoms with Crippen molar-refractivity contribution in [3.05, 3.63) is 69.8 Å². The number of anilines is 1. The number of ether oxygens (including phenoxy) is 1. The number of nitrogens with zero attached hydrogens (tertiary/aromatic N) is 3. The molecule has 3 aromatic rings. The van der Waals surface area contributed by atoms with Gasteiger partial charge in [0.05, 0.1) is 23.6 Å². The highest BCUT2D eigenvalue weighted by Crippen LogP contribution is 2.45. The predicted molar refractivity (Wildman–Crippen MR) is 146 cm³/mol. The molecule has 0 amide bonds. The number of phenolic OH excluding ortho intramolecular Hbond substituents is 1.